The van der Waals surface area contributed by atoms with Crippen LogP contribution in [0.1, 0.15) is 30.6 Å². The Morgan fingerprint density at radius 1 is 1.50 bits per heavy atom. The predicted octanol–water partition coefficient (Wildman–Crippen LogP) is 1.57. The molecule has 0 saturated heterocycles. The van der Waals surface area contributed by atoms with Gasteiger partial charge in [-0.2, -0.15) is 5.26 Å². The highest BCUT2D eigenvalue weighted by atomic mass is 16.3. The molecule has 0 heterocycles. The van der Waals surface area contributed by atoms with Crippen LogP contribution >= 0.6 is 0 Å². The molecule has 0 aliphatic heterocycles. The Labute approximate surface area is 82.6 Å². The van der Waals surface area contributed by atoms with Gasteiger partial charge in [0.15, 0.2) is 0 Å². The minimum Gasteiger partial charge on any atom is -0.388 e. The molecule has 0 aliphatic rings. The normalized spacial score (nSPS) is 11.8. The largest absolute Gasteiger partial charge is 0.388 e. The Hall–Kier alpha value is -1.66. The summed E-state index contributed by atoms with van der Waals surface area (Å²) in [7, 11) is 0. The molecule has 0 unspecified atom stereocenters. The van der Waals surface area contributed by atoms with Gasteiger partial charge in [0, 0.05) is 6.42 Å². The molecule has 0 spiro atoms. The third kappa shape index (κ3) is 2.68. The number of aliphatic hydroxyl groups is 1. The van der Waals surface area contributed by atoms with Crippen LogP contribution < -0.4 is 0 Å². The molecule has 1 aromatic rings. The molecule has 1 rings (SSSR count). The maximum absolute atomic E-state index is 10.7. The molecule has 0 fully saturated rings. The quantitative estimate of drug-likeness (QED) is 0.785. The number of hydrogen-bond acceptors (Lipinski definition) is 3. The van der Waals surface area contributed by atoms with Gasteiger partial charge in [0.25, 0.3) is 0 Å². The minimum absolute atomic E-state index is 0.0538. The second-order valence-electron chi connectivity index (χ2n) is 3.16. The van der Waals surface area contributed by atoms with Gasteiger partial charge in [0.1, 0.15) is 5.78 Å². The molecule has 1 aromatic carbocycles. The average Bonchev–Trinajstić information content (AvgIpc) is 2.17. The van der Waals surface area contributed by atoms with E-state index in [1.807, 2.05) is 6.07 Å². The summed E-state index contributed by atoms with van der Waals surface area (Å²) in [5, 5.41) is 18.1. The number of nitrogens with zero attached hydrogens (tertiary/aromatic N) is 1. The van der Waals surface area contributed by atoms with Crippen molar-refractivity contribution >= 4 is 5.78 Å². The highest BCUT2D eigenvalue weighted by Gasteiger charge is 2.09. The first-order valence-corrected chi connectivity index (χ1v) is 4.31. The summed E-state index contributed by atoms with van der Waals surface area (Å²) in [5.74, 6) is -0.0538. The van der Waals surface area contributed by atoms with E-state index < -0.39 is 6.10 Å². The van der Waals surface area contributed by atoms with Crippen LogP contribution in [-0.4, -0.2) is 10.9 Å². The van der Waals surface area contributed by atoms with Gasteiger partial charge >= 0.3 is 0 Å². The van der Waals surface area contributed by atoms with Crippen molar-refractivity contribution in [2.45, 2.75) is 19.4 Å². The zero-order chi connectivity index (χ0) is 10.6. The number of Topliss-reactive ketones (excluding diaryl/α,β-unsaturated/α-hetero) is 1. The van der Waals surface area contributed by atoms with Gasteiger partial charge in [-0.3, -0.25) is 4.79 Å². The lowest BCUT2D eigenvalue weighted by molar-refractivity contribution is -0.118. The molecule has 0 saturated carbocycles. The van der Waals surface area contributed by atoms with Crippen molar-refractivity contribution in [2.75, 3.05) is 0 Å². The van der Waals surface area contributed by atoms with Crippen LogP contribution in [0.4, 0.5) is 0 Å². The summed E-state index contributed by atoms with van der Waals surface area (Å²) in [6.45, 7) is 1.44. The van der Waals surface area contributed by atoms with E-state index in [9.17, 15) is 9.90 Å². The first kappa shape index (κ1) is 10.4. The van der Waals surface area contributed by atoms with E-state index in [-0.39, 0.29) is 12.2 Å². The maximum atomic E-state index is 10.7. The summed E-state index contributed by atoms with van der Waals surface area (Å²) in [4.78, 5) is 10.7. The third-order valence-corrected chi connectivity index (χ3v) is 1.91. The van der Waals surface area contributed by atoms with E-state index >= 15 is 0 Å². The molecular formula is C11H11NO2. The second kappa shape index (κ2) is 4.54. The predicted molar refractivity (Wildman–Crippen MR) is 51.4 cm³/mol. The Balaban J connectivity index is 2.77. The molecule has 14 heavy (non-hydrogen) atoms. The Morgan fingerprint density at radius 2 is 2.07 bits per heavy atom. The number of rotatable bonds is 3. The summed E-state index contributed by atoms with van der Waals surface area (Å²) in [6, 6.07) is 8.55. The van der Waals surface area contributed by atoms with Gasteiger partial charge in [0.05, 0.1) is 17.7 Å². The van der Waals surface area contributed by atoms with Gasteiger partial charge in [-0.15, -0.1) is 0 Å². The van der Waals surface area contributed by atoms with Crippen molar-refractivity contribution < 1.29 is 9.90 Å². The SMILES string of the molecule is CC(=O)C[C@H](O)c1ccc(C#N)cc1. The van der Waals surface area contributed by atoms with Crippen molar-refractivity contribution in [2.24, 2.45) is 0 Å². The molecule has 1 atom stereocenters. The fraction of sp³-hybridized carbons (Fsp3) is 0.273. The van der Waals surface area contributed by atoms with Crippen LogP contribution in [0.2, 0.25) is 0 Å². The summed E-state index contributed by atoms with van der Waals surface area (Å²) in [5.41, 5.74) is 1.21. The number of benzene rings is 1. The zero-order valence-electron chi connectivity index (χ0n) is 7.90. The van der Waals surface area contributed by atoms with Gasteiger partial charge in [-0.05, 0) is 24.6 Å². The average molecular weight is 189 g/mol. The van der Waals surface area contributed by atoms with Gasteiger partial charge in [-0.1, -0.05) is 12.1 Å². The molecular weight excluding hydrogens is 178 g/mol. The maximum Gasteiger partial charge on any atom is 0.132 e. The fourth-order valence-electron chi connectivity index (χ4n) is 1.17. The van der Waals surface area contributed by atoms with Crippen LogP contribution in [0.3, 0.4) is 0 Å². The standard InChI is InChI=1S/C11H11NO2/c1-8(13)6-11(14)10-4-2-9(7-12)3-5-10/h2-5,11,14H,6H2,1H3/t11-/m0/s1. The highest BCUT2D eigenvalue weighted by Crippen LogP contribution is 2.16. The van der Waals surface area contributed by atoms with Crippen molar-refractivity contribution in [1.29, 1.82) is 5.26 Å². The van der Waals surface area contributed by atoms with Crippen molar-refractivity contribution in [3.8, 4) is 6.07 Å². The number of carbonyl (C=O) groups excluding carboxylic acids is 1. The van der Waals surface area contributed by atoms with Crippen LogP contribution in [0, 0.1) is 11.3 Å². The molecule has 0 aromatic heterocycles. The number of ketones is 1. The topological polar surface area (TPSA) is 61.1 Å². The Bertz CT molecular complexity index is 362. The molecule has 0 radical (unpaired) electrons. The first-order chi connectivity index (χ1) is 6.63. The van der Waals surface area contributed by atoms with E-state index in [4.69, 9.17) is 5.26 Å². The van der Waals surface area contributed by atoms with E-state index in [1.54, 1.807) is 24.3 Å². The molecule has 1 N–H and O–H groups in total. The van der Waals surface area contributed by atoms with Crippen molar-refractivity contribution in [3.63, 3.8) is 0 Å². The van der Waals surface area contributed by atoms with Crippen LogP contribution in [-0.2, 0) is 4.79 Å². The molecule has 0 aliphatic carbocycles. The lowest BCUT2D eigenvalue weighted by atomic mass is 10.0. The Kier molecular flexibility index (Phi) is 3.38. The van der Waals surface area contributed by atoms with Crippen LogP contribution in [0.5, 0.6) is 0 Å². The lowest BCUT2D eigenvalue weighted by Gasteiger charge is -2.08. The number of nitriles is 1. The molecule has 0 bridgehead atoms. The van der Waals surface area contributed by atoms with E-state index in [0.29, 0.717) is 11.1 Å². The molecule has 3 nitrogen and oxygen atoms in total. The van der Waals surface area contributed by atoms with E-state index in [2.05, 4.69) is 0 Å². The molecule has 72 valence electrons. The fourth-order valence-corrected chi connectivity index (χ4v) is 1.17. The summed E-state index contributed by atoms with van der Waals surface area (Å²) in [6.07, 6.45) is -0.647. The van der Waals surface area contributed by atoms with Crippen molar-refractivity contribution in [3.05, 3.63) is 35.4 Å². The van der Waals surface area contributed by atoms with Gasteiger partial charge in [0.2, 0.25) is 0 Å². The van der Waals surface area contributed by atoms with E-state index in [1.165, 1.54) is 6.92 Å². The van der Waals surface area contributed by atoms with Gasteiger partial charge < -0.3 is 5.11 Å². The zero-order valence-corrected chi connectivity index (χ0v) is 7.90. The van der Waals surface area contributed by atoms with Crippen LogP contribution in [0.25, 0.3) is 0 Å². The van der Waals surface area contributed by atoms with Crippen molar-refractivity contribution in [1.82, 2.24) is 0 Å². The van der Waals surface area contributed by atoms with E-state index in [0.717, 1.165) is 0 Å². The summed E-state index contributed by atoms with van der Waals surface area (Å²) >= 11 is 0. The highest BCUT2D eigenvalue weighted by molar-refractivity contribution is 5.76. The third-order valence-electron chi connectivity index (χ3n) is 1.91. The lowest BCUT2D eigenvalue weighted by Crippen LogP contribution is -2.02. The monoisotopic (exact) mass is 189 g/mol. The minimum atomic E-state index is -0.764. The summed E-state index contributed by atoms with van der Waals surface area (Å²) < 4.78 is 0. The first-order valence-electron chi connectivity index (χ1n) is 4.31. The number of carbonyl (C=O) groups is 1. The van der Waals surface area contributed by atoms with Gasteiger partial charge in [-0.25, -0.2) is 0 Å². The molecule has 3 heteroatoms. The molecule has 0 amide bonds. The smallest absolute Gasteiger partial charge is 0.132 e. The second-order valence-corrected chi connectivity index (χ2v) is 3.16. The number of hydrogen-bond donors (Lipinski definition) is 1. The van der Waals surface area contributed by atoms with Crippen LogP contribution in [0.15, 0.2) is 24.3 Å². The Morgan fingerprint density at radius 3 is 2.50 bits per heavy atom. The number of aliphatic hydroxyl groups excluding tert-OH is 1.